The maximum Gasteiger partial charge on any atom is 0.255 e. The molecule has 128 valence electrons. The van der Waals surface area contributed by atoms with E-state index in [1.807, 2.05) is 12.1 Å². The number of hydrogen-bond acceptors (Lipinski definition) is 3. The molecule has 0 spiro atoms. The Morgan fingerprint density at radius 1 is 0.654 bits per heavy atom. The van der Waals surface area contributed by atoms with E-state index in [1.54, 1.807) is 48.5 Å². The van der Waals surface area contributed by atoms with Gasteiger partial charge in [-0.3, -0.25) is 14.4 Å². The molecule has 0 unspecified atom stereocenters. The van der Waals surface area contributed by atoms with Gasteiger partial charge in [0.25, 0.3) is 11.8 Å². The predicted molar refractivity (Wildman–Crippen MR) is 101 cm³/mol. The van der Waals surface area contributed by atoms with E-state index >= 15 is 0 Å². The summed E-state index contributed by atoms with van der Waals surface area (Å²) >= 11 is 0. The summed E-state index contributed by atoms with van der Waals surface area (Å²) in [5.41, 5.74) is 1.98. The van der Waals surface area contributed by atoms with Crippen molar-refractivity contribution in [3.8, 4) is 0 Å². The van der Waals surface area contributed by atoms with Gasteiger partial charge in [-0.2, -0.15) is 0 Å². The minimum absolute atomic E-state index is 0.233. The fourth-order valence-corrected chi connectivity index (χ4v) is 2.43. The smallest absolute Gasteiger partial charge is 0.255 e. The molecule has 2 amide bonds. The van der Waals surface area contributed by atoms with Gasteiger partial charge in [-0.25, -0.2) is 0 Å². The van der Waals surface area contributed by atoms with Crippen molar-refractivity contribution in [1.82, 2.24) is 0 Å². The molecular formula is C21H16N2O3. The highest BCUT2D eigenvalue weighted by Crippen LogP contribution is 2.15. The SMILES string of the molecule is O=Cc1cc(C(=O)Nc2ccccc2)cc(C(=O)Nc2ccccc2)c1. The Hall–Kier alpha value is -3.73. The molecule has 3 aromatic rings. The van der Waals surface area contributed by atoms with Crippen molar-refractivity contribution in [2.24, 2.45) is 0 Å². The molecular weight excluding hydrogens is 328 g/mol. The van der Waals surface area contributed by atoms with Gasteiger partial charge in [0.2, 0.25) is 0 Å². The van der Waals surface area contributed by atoms with Crippen molar-refractivity contribution in [1.29, 1.82) is 0 Å². The Morgan fingerprint density at radius 3 is 1.46 bits per heavy atom. The highest BCUT2D eigenvalue weighted by molar-refractivity contribution is 6.09. The van der Waals surface area contributed by atoms with Crippen molar-refractivity contribution < 1.29 is 14.4 Å². The van der Waals surface area contributed by atoms with Crippen LogP contribution in [0, 0.1) is 0 Å². The van der Waals surface area contributed by atoms with Crippen LogP contribution in [0.3, 0.4) is 0 Å². The molecule has 2 N–H and O–H groups in total. The number of carbonyl (C=O) groups excluding carboxylic acids is 3. The van der Waals surface area contributed by atoms with Gasteiger partial charge >= 0.3 is 0 Å². The minimum atomic E-state index is -0.395. The summed E-state index contributed by atoms with van der Waals surface area (Å²) in [7, 11) is 0. The third-order valence-electron chi connectivity index (χ3n) is 3.68. The number of hydrogen-bond donors (Lipinski definition) is 2. The Balaban J connectivity index is 1.85. The first-order chi connectivity index (χ1) is 12.7. The molecule has 5 heteroatoms. The predicted octanol–water partition coefficient (Wildman–Crippen LogP) is 4.00. The molecule has 0 aliphatic carbocycles. The molecule has 0 aliphatic heterocycles. The second kappa shape index (κ2) is 7.90. The van der Waals surface area contributed by atoms with Gasteiger partial charge in [-0.15, -0.1) is 0 Å². The molecule has 0 saturated carbocycles. The number of aldehydes is 1. The Kier molecular flexibility index (Phi) is 5.19. The van der Waals surface area contributed by atoms with Crippen LogP contribution in [-0.2, 0) is 0 Å². The van der Waals surface area contributed by atoms with Crippen LogP contribution >= 0.6 is 0 Å². The second-order valence-corrected chi connectivity index (χ2v) is 5.60. The van der Waals surface area contributed by atoms with Crippen molar-refractivity contribution in [2.45, 2.75) is 0 Å². The van der Waals surface area contributed by atoms with E-state index in [9.17, 15) is 14.4 Å². The summed E-state index contributed by atoms with van der Waals surface area (Å²) in [5, 5.41) is 5.48. The van der Waals surface area contributed by atoms with Crippen molar-refractivity contribution in [2.75, 3.05) is 10.6 Å². The van der Waals surface area contributed by atoms with Crippen molar-refractivity contribution >= 4 is 29.5 Å². The molecule has 0 saturated heterocycles. The quantitative estimate of drug-likeness (QED) is 0.687. The van der Waals surface area contributed by atoms with Crippen LogP contribution in [0.15, 0.2) is 78.9 Å². The van der Waals surface area contributed by atoms with Gasteiger partial charge in [0.15, 0.2) is 0 Å². The normalized spacial score (nSPS) is 10.0. The lowest BCUT2D eigenvalue weighted by Gasteiger charge is -2.09. The number of para-hydroxylation sites is 2. The summed E-state index contributed by atoms with van der Waals surface area (Å²) in [6, 6.07) is 22.3. The van der Waals surface area contributed by atoms with E-state index < -0.39 is 11.8 Å². The fourth-order valence-electron chi connectivity index (χ4n) is 2.43. The van der Waals surface area contributed by atoms with Crippen molar-refractivity contribution in [3.63, 3.8) is 0 Å². The first-order valence-corrected chi connectivity index (χ1v) is 7.99. The Bertz CT molecular complexity index is 866. The third kappa shape index (κ3) is 4.21. The molecule has 3 aromatic carbocycles. The van der Waals surface area contributed by atoms with Gasteiger partial charge in [-0.05, 0) is 42.5 Å². The van der Waals surface area contributed by atoms with Crippen LogP contribution < -0.4 is 10.6 Å². The van der Waals surface area contributed by atoms with Gasteiger partial charge in [0, 0.05) is 28.1 Å². The van der Waals surface area contributed by atoms with Crippen LogP contribution in [0.4, 0.5) is 11.4 Å². The van der Waals surface area contributed by atoms with Crippen LogP contribution in [0.5, 0.6) is 0 Å². The number of rotatable bonds is 5. The monoisotopic (exact) mass is 344 g/mol. The molecule has 5 nitrogen and oxygen atoms in total. The molecule has 0 heterocycles. The first kappa shape index (κ1) is 17.1. The Morgan fingerprint density at radius 2 is 1.08 bits per heavy atom. The zero-order chi connectivity index (χ0) is 18.4. The van der Waals surface area contributed by atoms with Crippen LogP contribution in [0.25, 0.3) is 0 Å². The Labute approximate surface area is 150 Å². The summed E-state index contributed by atoms with van der Waals surface area (Å²) in [4.78, 5) is 36.1. The van der Waals surface area contributed by atoms with Gasteiger partial charge in [0.1, 0.15) is 6.29 Å². The number of benzene rings is 3. The van der Waals surface area contributed by atoms with Gasteiger partial charge < -0.3 is 10.6 Å². The topological polar surface area (TPSA) is 75.3 Å². The van der Waals surface area contributed by atoms with E-state index in [0.717, 1.165) is 0 Å². The zero-order valence-corrected chi connectivity index (χ0v) is 13.8. The molecule has 0 bridgehead atoms. The van der Waals surface area contributed by atoms with Crippen LogP contribution in [-0.4, -0.2) is 18.1 Å². The standard InChI is InChI=1S/C21H16N2O3/c24-14-15-11-16(20(25)22-18-7-3-1-4-8-18)13-17(12-15)21(26)23-19-9-5-2-6-10-19/h1-14H,(H,22,25)(H,23,26). The lowest BCUT2D eigenvalue weighted by atomic mass is 10.0. The van der Waals surface area contributed by atoms with E-state index in [2.05, 4.69) is 10.6 Å². The van der Waals surface area contributed by atoms with E-state index in [0.29, 0.717) is 17.7 Å². The molecule has 0 atom stereocenters. The first-order valence-electron chi connectivity index (χ1n) is 7.99. The largest absolute Gasteiger partial charge is 0.322 e. The lowest BCUT2D eigenvalue weighted by molar-refractivity contribution is 0.102. The molecule has 0 aromatic heterocycles. The highest BCUT2D eigenvalue weighted by Gasteiger charge is 2.13. The molecule has 3 rings (SSSR count). The van der Waals surface area contributed by atoms with Gasteiger partial charge in [-0.1, -0.05) is 36.4 Å². The van der Waals surface area contributed by atoms with E-state index in [1.165, 1.54) is 18.2 Å². The maximum absolute atomic E-state index is 12.5. The summed E-state index contributed by atoms with van der Waals surface area (Å²) in [6.07, 6.45) is 0.610. The number of carbonyl (C=O) groups is 3. The third-order valence-corrected chi connectivity index (χ3v) is 3.68. The molecule has 26 heavy (non-hydrogen) atoms. The van der Waals surface area contributed by atoms with Crippen LogP contribution in [0.1, 0.15) is 31.1 Å². The second-order valence-electron chi connectivity index (χ2n) is 5.60. The number of amides is 2. The number of nitrogens with one attached hydrogen (secondary N) is 2. The van der Waals surface area contributed by atoms with Crippen LogP contribution in [0.2, 0.25) is 0 Å². The fraction of sp³-hybridized carbons (Fsp3) is 0. The molecule has 0 aliphatic rings. The maximum atomic E-state index is 12.5. The summed E-state index contributed by atoms with van der Waals surface area (Å²) in [6.45, 7) is 0. The molecule has 0 fully saturated rings. The summed E-state index contributed by atoms with van der Waals surface area (Å²) in [5.74, 6) is -0.790. The summed E-state index contributed by atoms with van der Waals surface area (Å²) < 4.78 is 0. The minimum Gasteiger partial charge on any atom is -0.322 e. The van der Waals surface area contributed by atoms with Gasteiger partial charge in [0.05, 0.1) is 0 Å². The van der Waals surface area contributed by atoms with E-state index in [-0.39, 0.29) is 16.7 Å². The van der Waals surface area contributed by atoms with Crippen molar-refractivity contribution in [3.05, 3.63) is 95.6 Å². The number of anilines is 2. The lowest BCUT2D eigenvalue weighted by Crippen LogP contribution is -2.16. The molecule has 0 radical (unpaired) electrons. The average molecular weight is 344 g/mol. The highest BCUT2D eigenvalue weighted by atomic mass is 16.2. The average Bonchev–Trinajstić information content (AvgIpc) is 2.69. The van der Waals surface area contributed by atoms with E-state index in [4.69, 9.17) is 0 Å². The zero-order valence-electron chi connectivity index (χ0n) is 13.8.